The summed E-state index contributed by atoms with van der Waals surface area (Å²) in [6.45, 7) is 6.40. The summed E-state index contributed by atoms with van der Waals surface area (Å²) in [5.41, 5.74) is 41.9. The molecule has 0 aliphatic heterocycles. The fraction of sp³-hybridized carbons (Fsp3) is 0.506. The van der Waals surface area contributed by atoms with E-state index in [0.29, 0.717) is 22.3 Å². The first-order valence-electron chi connectivity index (χ1n) is 42.6. The van der Waals surface area contributed by atoms with Crippen molar-refractivity contribution in [3.05, 3.63) is 119 Å². The first-order chi connectivity index (χ1) is 60.5. The number of nitrogens with two attached hydrogens (primary N) is 7. The minimum atomic E-state index is -1.71. The zero-order valence-electron chi connectivity index (χ0n) is 73.3. The van der Waals surface area contributed by atoms with Gasteiger partial charge in [-0.25, -0.2) is 0 Å². The van der Waals surface area contributed by atoms with Crippen LogP contribution in [-0.2, 0) is 88.0 Å². The van der Waals surface area contributed by atoms with Gasteiger partial charge in [-0.1, -0.05) is 96.0 Å². The van der Waals surface area contributed by atoms with Gasteiger partial charge in [0.15, 0.2) is 23.8 Å². The summed E-state index contributed by atoms with van der Waals surface area (Å²) in [6.07, 6.45) is -3.27. The van der Waals surface area contributed by atoms with Crippen LogP contribution in [0.15, 0.2) is 97.1 Å². The second-order valence-electron chi connectivity index (χ2n) is 31.2. The minimum absolute atomic E-state index is 0.00741. The fourth-order valence-electron chi connectivity index (χ4n) is 13.0. The number of hydrogen-bond donors (Lipinski definition) is 30. The summed E-state index contributed by atoms with van der Waals surface area (Å²) < 4.78 is 16.1. The van der Waals surface area contributed by atoms with E-state index in [1.165, 1.54) is 97.1 Å². The lowest BCUT2D eigenvalue weighted by Crippen LogP contribution is -2.60. The number of nitrogens with one attached hydrogen (secondary N) is 19. The molecular weight excluding hydrogens is 1630 g/mol. The molecule has 126 heavy (non-hydrogen) atoms. The largest absolute Gasteiger partial charge is 0.508 e. The maximum atomic E-state index is 15.0. The molecule has 43 nitrogen and oxygen atoms in total. The lowest BCUT2D eigenvalue weighted by molar-refractivity contribution is -0.135. The van der Waals surface area contributed by atoms with Crippen LogP contribution in [0.1, 0.15) is 156 Å². The molecule has 0 radical (unpaired) electrons. The van der Waals surface area contributed by atoms with Crippen LogP contribution in [0.3, 0.4) is 0 Å². The van der Waals surface area contributed by atoms with Gasteiger partial charge in [0.2, 0.25) is 76.8 Å². The average molecular weight is 1770 g/mol. The van der Waals surface area contributed by atoms with E-state index in [9.17, 15) is 82.8 Å². The zero-order chi connectivity index (χ0) is 95.3. The number of rotatable bonds is 57. The van der Waals surface area contributed by atoms with Crippen molar-refractivity contribution in [1.29, 1.82) is 21.6 Å². The number of amides is 13. The summed E-state index contributed by atoms with van der Waals surface area (Å²) in [6, 6.07) is 5.21. The monoisotopic (exact) mass is 1770 g/mol. The Bertz CT molecular complexity index is 4370. The predicted molar refractivity (Wildman–Crippen MR) is 469 cm³/mol. The lowest BCUT2D eigenvalue weighted by Gasteiger charge is -2.28. The minimum Gasteiger partial charge on any atom is -0.508 e. The quantitative estimate of drug-likeness (QED) is 0.0116. The summed E-state index contributed by atoms with van der Waals surface area (Å²) in [4.78, 5) is 185. The number of guanidine groups is 4. The molecular formula is C83H128N26O17. The number of primary amides is 2. The van der Waals surface area contributed by atoms with E-state index in [4.69, 9.17) is 64.5 Å². The maximum Gasteiger partial charge on any atom is 0.243 e. The van der Waals surface area contributed by atoms with Crippen molar-refractivity contribution < 1.29 is 85.5 Å². The van der Waals surface area contributed by atoms with Gasteiger partial charge in [0, 0.05) is 61.0 Å². The van der Waals surface area contributed by atoms with Crippen LogP contribution in [0, 0.1) is 33.5 Å². The summed E-state index contributed by atoms with van der Waals surface area (Å²) in [5.74, 6) is -14.7. The van der Waals surface area contributed by atoms with E-state index < -0.39 is 175 Å². The van der Waals surface area contributed by atoms with Crippen LogP contribution >= 0.6 is 0 Å². The van der Waals surface area contributed by atoms with Crippen LogP contribution in [0.25, 0.3) is 0 Å². The molecule has 0 bridgehead atoms. The van der Waals surface area contributed by atoms with Gasteiger partial charge in [0.05, 0.1) is 6.04 Å². The molecule has 13 atom stereocenters. The third-order valence-corrected chi connectivity index (χ3v) is 19.7. The van der Waals surface area contributed by atoms with Crippen molar-refractivity contribution in [2.75, 3.05) is 26.2 Å². The Morgan fingerprint density at radius 1 is 0.310 bits per heavy atom. The first kappa shape index (κ1) is 101. The molecule has 13 amide bonds. The van der Waals surface area contributed by atoms with Crippen molar-refractivity contribution in [1.82, 2.24) is 79.8 Å². The molecule has 1 unspecified atom stereocenters. The van der Waals surface area contributed by atoms with Gasteiger partial charge in [-0.15, -0.1) is 0 Å². The van der Waals surface area contributed by atoms with E-state index in [0.717, 1.165) is 0 Å². The van der Waals surface area contributed by atoms with E-state index >= 15 is 0 Å². The standard InChI is InChI=1S/C83H128N26O17/c1-6-67(114)99-56(71(118)109-66(44-50-25-33-54(113)34-26-50)79(126)103-60(18-12-38-98-83(93)94)75(122)108-64(40-46(4)5)77(124)101-58(16-10-36-96-81(89)90)73(120)105-62(69(86)116)42-48-21-29-52(111)30-22-48)14-8-7-13-55(84)70(117)106-65(43-49-23-31-53(112)32-24-49)78(125)102-59(17-11-37-97-82(91)92)74(121)107-63(39-45(2)3)76(123)100-57(15-9-35-95-80(87)88)72(119)104-61(68(85)115)41-47-19-27-51(110)28-20-47/h19-34,45-46,55-66,110-113H,6-18,35-44,84H2,1-5H3,(H2,85,115)(H2,86,116)(H,99,114)(H,100,123)(H,101,124)(H,102,125)(H,103,126)(H,104,119)(H,105,120)(H,106,117)(H,107,121)(H,108,122)(H,109,118)(H4,87,88,95)(H4,89,90,96)(H4,91,92,97)(H4,93,94,98)/t55-,56-,57+,58+,59+,60+,61+,62+,63+,64+,65+,66+/m1/s1/i1T,6T/t6?,55-,56-,57+,58+,59+,60+,61+,62+,63+,64+,65+,66+. The Morgan fingerprint density at radius 3 is 0.786 bits per heavy atom. The topological polar surface area (TPSA) is 761 Å². The van der Waals surface area contributed by atoms with E-state index in [1.54, 1.807) is 27.7 Å². The molecule has 4 rings (SSSR count). The molecule has 0 aliphatic rings. The van der Waals surface area contributed by atoms with Crippen molar-refractivity contribution in [2.45, 2.75) is 229 Å². The third-order valence-electron chi connectivity index (χ3n) is 19.7. The molecule has 4 aromatic carbocycles. The molecule has 0 aliphatic carbocycles. The summed E-state index contributed by atoms with van der Waals surface area (Å²) in [7, 11) is 0. The summed E-state index contributed by atoms with van der Waals surface area (Å²) >= 11 is 0. The number of carbonyl (C=O) groups is 13. The van der Waals surface area contributed by atoms with E-state index in [2.05, 4.69) is 79.8 Å². The van der Waals surface area contributed by atoms with Gasteiger partial charge in [-0.3, -0.25) is 84.0 Å². The highest BCUT2D eigenvalue weighted by Crippen LogP contribution is 2.20. The average Bonchev–Trinajstić information content (AvgIpc) is 0.852. The molecule has 0 saturated carbocycles. The second-order valence-corrected chi connectivity index (χ2v) is 31.2. The molecule has 692 valence electrons. The molecule has 0 spiro atoms. The SMILES string of the molecule is [3H]CC([3H])C(=O)N[C@H](CCCC[C@@H](N)C(=O)N[C@@H](Cc1ccc(O)cc1)C(=O)N[C@@H](CCCNC(=N)N)C(=O)N[C@@H](CC(C)C)C(=O)N[C@@H](CCCNC(=N)N)C(=O)N[C@@H](Cc1ccc(O)cc1)C(N)=O)C(=O)N[C@@H](Cc1ccc(O)cc1)C(=O)N[C@@H](CCCNC(=N)N)C(=O)N[C@@H](CC(C)C)C(=O)N[C@@H](CCCNC(=N)N)C(=O)N[C@@H](Cc1ccc(O)cc1)C(N)=O. The smallest absolute Gasteiger partial charge is 0.243 e. The van der Waals surface area contributed by atoms with Gasteiger partial charge in [-0.2, -0.15) is 0 Å². The van der Waals surface area contributed by atoms with Gasteiger partial charge in [-0.05, 0) is 160 Å². The number of benzene rings is 4. The number of unbranched alkanes of at least 4 members (excludes halogenated alkanes) is 1. The van der Waals surface area contributed by atoms with Crippen molar-refractivity contribution >= 4 is 101 Å². The normalized spacial score (nSPS) is 14.3. The number of hydrogen-bond acceptors (Lipinski definition) is 22. The Hall–Kier alpha value is -13.8. The van der Waals surface area contributed by atoms with Gasteiger partial charge >= 0.3 is 0 Å². The molecule has 0 heterocycles. The fourth-order valence-corrected chi connectivity index (χ4v) is 13.0. The number of phenols is 4. The van der Waals surface area contributed by atoms with Crippen LogP contribution in [0.4, 0.5) is 0 Å². The van der Waals surface area contributed by atoms with Crippen molar-refractivity contribution in [3.8, 4) is 23.0 Å². The molecule has 37 N–H and O–H groups in total. The Kier molecular flexibility index (Phi) is 43.8. The molecule has 4 aromatic rings. The first-order valence-corrected chi connectivity index (χ1v) is 41.3. The van der Waals surface area contributed by atoms with Crippen LogP contribution in [-0.4, -0.2) is 220 Å². The Balaban J connectivity index is 1.64. The Labute approximate surface area is 734 Å². The molecule has 0 aromatic heterocycles. The highest BCUT2D eigenvalue weighted by Gasteiger charge is 2.37. The number of aromatic hydroxyl groups is 4. The van der Waals surface area contributed by atoms with Gasteiger partial charge < -0.3 is 140 Å². The van der Waals surface area contributed by atoms with E-state index in [-0.39, 0.29) is 189 Å². The number of carbonyl (C=O) groups excluding carboxylic acids is 13. The molecule has 0 fully saturated rings. The maximum absolute atomic E-state index is 15.0. The second kappa shape index (κ2) is 54.7. The highest BCUT2D eigenvalue weighted by atomic mass is 16.3. The van der Waals surface area contributed by atoms with Gasteiger partial charge in [0.25, 0.3) is 0 Å². The highest BCUT2D eigenvalue weighted by molar-refractivity contribution is 5.99. The Morgan fingerprint density at radius 2 is 0.524 bits per heavy atom. The third kappa shape index (κ3) is 40.9. The van der Waals surface area contributed by atoms with Crippen LogP contribution in [0.5, 0.6) is 23.0 Å². The summed E-state index contributed by atoms with van der Waals surface area (Å²) in [5, 5.41) is 110. The van der Waals surface area contributed by atoms with E-state index in [1.807, 2.05) is 0 Å². The van der Waals surface area contributed by atoms with Crippen molar-refractivity contribution in [2.24, 2.45) is 52.0 Å². The molecule has 43 heteroatoms. The zero-order valence-corrected chi connectivity index (χ0v) is 71.3. The van der Waals surface area contributed by atoms with Crippen molar-refractivity contribution in [3.63, 3.8) is 0 Å². The predicted octanol–water partition coefficient (Wildman–Crippen LogP) is -3.47. The van der Waals surface area contributed by atoms with Crippen LogP contribution in [0.2, 0.25) is 0 Å². The van der Waals surface area contributed by atoms with Gasteiger partial charge in [0.1, 0.15) is 89.5 Å². The number of phenolic OH excluding ortho intramolecular Hbond substituents is 4. The van der Waals surface area contributed by atoms with Crippen LogP contribution < -0.4 is 120 Å². The molecule has 0 saturated heterocycles. The lowest BCUT2D eigenvalue weighted by atomic mass is 10.00.